The van der Waals surface area contributed by atoms with Gasteiger partial charge in [0.15, 0.2) is 11.6 Å². The summed E-state index contributed by atoms with van der Waals surface area (Å²) in [6, 6.07) is 5.85. The van der Waals surface area contributed by atoms with Crippen LogP contribution in [0.1, 0.15) is 19.7 Å². The Labute approximate surface area is 189 Å². The van der Waals surface area contributed by atoms with Crippen LogP contribution in [0.5, 0.6) is 0 Å². The second-order valence-corrected chi connectivity index (χ2v) is 7.30. The quantitative estimate of drug-likeness (QED) is 0.267. The number of pyridine rings is 1. The van der Waals surface area contributed by atoms with Crippen LogP contribution >= 0.6 is 24.0 Å². The number of halogens is 1. The Hall–Kier alpha value is -1.50. The molecule has 162 valence electrons. The number of hydrogen-bond donors (Lipinski definition) is 3. The molecule has 1 unspecified atom stereocenters. The first-order chi connectivity index (χ1) is 13.6. The number of hydrogen-bond acceptors (Lipinski definition) is 6. The highest BCUT2D eigenvalue weighted by molar-refractivity contribution is 14.0. The van der Waals surface area contributed by atoms with Gasteiger partial charge >= 0.3 is 0 Å². The maximum absolute atomic E-state index is 10.7. The topological polar surface area (TPSA) is 99.3 Å². The average Bonchev–Trinajstić information content (AvgIpc) is 3.10. The molecule has 0 saturated carbocycles. The minimum atomic E-state index is -0.886. The van der Waals surface area contributed by atoms with E-state index in [-0.39, 0.29) is 24.0 Å². The highest BCUT2D eigenvalue weighted by atomic mass is 127. The van der Waals surface area contributed by atoms with Gasteiger partial charge in [0.25, 0.3) is 0 Å². The number of guanidine groups is 1. The molecule has 10 heteroatoms. The highest BCUT2D eigenvalue weighted by Gasteiger charge is 2.25. The first kappa shape index (κ1) is 23.8. The molecular weight excluding hydrogens is 485 g/mol. The first-order valence-electron chi connectivity index (χ1n) is 9.91. The summed E-state index contributed by atoms with van der Waals surface area (Å²) in [6.07, 6.45) is 2.69. The van der Waals surface area contributed by atoms with Crippen molar-refractivity contribution in [1.29, 1.82) is 0 Å². The number of nitrogens with zero attached hydrogens (tertiary/aromatic N) is 5. The summed E-state index contributed by atoms with van der Waals surface area (Å²) in [5.74, 6) is 1.59. The fourth-order valence-electron chi connectivity index (χ4n) is 3.24. The van der Waals surface area contributed by atoms with Gasteiger partial charge in [0.2, 0.25) is 0 Å². The van der Waals surface area contributed by atoms with Gasteiger partial charge in [0.1, 0.15) is 5.82 Å². The van der Waals surface area contributed by atoms with Gasteiger partial charge in [-0.05, 0) is 26.0 Å². The summed E-state index contributed by atoms with van der Waals surface area (Å²) in [4.78, 5) is 6.79. The molecule has 3 N–H and O–H groups in total. The van der Waals surface area contributed by atoms with Crippen molar-refractivity contribution in [3.05, 3.63) is 30.2 Å². The maximum Gasteiger partial charge on any atom is 0.191 e. The Balaban J connectivity index is 0.00000300. The minimum Gasteiger partial charge on any atom is -0.387 e. The molecule has 1 fully saturated rings. The van der Waals surface area contributed by atoms with Crippen molar-refractivity contribution in [2.24, 2.45) is 4.99 Å². The zero-order chi connectivity index (χ0) is 19.8. The number of fused-ring (bicyclic) bond motifs is 1. The zero-order valence-electron chi connectivity index (χ0n) is 17.2. The molecule has 0 amide bonds. The van der Waals surface area contributed by atoms with Crippen LogP contribution in [0.25, 0.3) is 5.65 Å². The Morgan fingerprint density at radius 3 is 2.83 bits per heavy atom. The predicted molar refractivity (Wildman–Crippen MR) is 124 cm³/mol. The fraction of sp³-hybridized carbons (Fsp3) is 0.632. The summed E-state index contributed by atoms with van der Waals surface area (Å²) in [7, 11) is 0. The van der Waals surface area contributed by atoms with E-state index in [2.05, 4.69) is 30.7 Å². The van der Waals surface area contributed by atoms with Crippen LogP contribution in [-0.2, 0) is 11.2 Å². The van der Waals surface area contributed by atoms with E-state index in [9.17, 15) is 5.11 Å². The van der Waals surface area contributed by atoms with Gasteiger partial charge in [0.05, 0.1) is 25.4 Å². The number of ether oxygens (including phenoxy) is 1. The molecule has 0 aromatic carbocycles. The smallest absolute Gasteiger partial charge is 0.191 e. The monoisotopic (exact) mass is 517 g/mol. The van der Waals surface area contributed by atoms with E-state index in [0.717, 1.165) is 50.7 Å². The average molecular weight is 517 g/mol. The molecule has 1 saturated heterocycles. The molecule has 29 heavy (non-hydrogen) atoms. The number of aliphatic imine (C=N–C) groups is 1. The zero-order valence-corrected chi connectivity index (χ0v) is 19.5. The fourth-order valence-corrected chi connectivity index (χ4v) is 3.24. The summed E-state index contributed by atoms with van der Waals surface area (Å²) in [5.41, 5.74) is -0.0414. The van der Waals surface area contributed by atoms with Crippen LogP contribution in [0.3, 0.4) is 0 Å². The third-order valence-corrected chi connectivity index (χ3v) is 4.62. The first-order valence-corrected chi connectivity index (χ1v) is 9.91. The van der Waals surface area contributed by atoms with Gasteiger partial charge < -0.3 is 20.5 Å². The lowest BCUT2D eigenvalue weighted by Crippen LogP contribution is -2.48. The van der Waals surface area contributed by atoms with E-state index in [4.69, 9.17) is 4.74 Å². The number of rotatable bonds is 8. The van der Waals surface area contributed by atoms with E-state index < -0.39 is 5.60 Å². The second-order valence-electron chi connectivity index (χ2n) is 7.30. The Bertz CT molecular complexity index is 775. The van der Waals surface area contributed by atoms with Gasteiger partial charge in [-0.3, -0.25) is 14.3 Å². The van der Waals surface area contributed by atoms with E-state index in [0.29, 0.717) is 25.6 Å². The van der Waals surface area contributed by atoms with Gasteiger partial charge in [0, 0.05) is 45.3 Å². The van der Waals surface area contributed by atoms with Crippen LogP contribution in [-0.4, -0.2) is 88.6 Å². The molecule has 2 aromatic rings. The summed E-state index contributed by atoms with van der Waals surface area (Å²) in [5, 5.41) is 25.7. The molecule has 3 rings (SSSR count). The lowest BCUT2D eigenvalue weighted by Gasteiger charge is -2.33. The van der Waals surface area contributed by atoms with Crippen molar-refractivity contribution in [1.82, 2.24) is 30.1 Å². The SMILES string of the molecule is CCNC(=NCC(C)(O)CN1CCOCC1)NCCc1nnc2ccccn12.I. The highest BCUT2D eigenvalue weighted by Crippen LogP contribution is 2.09. The molecule has 0 bridgehead atoms. The summed E-state index contributed by atoms with van der Waals surface area (Å²) < 4.78 is 7.35. The Kier molecular flexibility index (Phi) is 9.53. The molecule has 1 aliphatic rings. The Morgan fingerprint density at radius 1 is 1.28 bits per heavy atom. The van der Waals surface area contributed by atoms with Crippen LogP contribution in [0.15, 0.2) is 29.4 Å². The standard InChI is InChI=1S/C19H31N7O2.HI/c1-3-20-18(22-14-19(2,27)15-25-10-12-28-13-11-25)21-8-7-17-24-23-16-6-4-5-9-26(16)17;/h4-6,9,27H,3,7-8,10-15H2,1-2H3,(H2,20,21,22);1H. The van der Waals surface area contributed by atoms with Gasteiger partial charge in [-0.2, -0.15) is 0 Å². The van der Waals surface area contributed by atoms with Crippen molar-refractivity contribution in [2.75, 3.05) is 52.5 Å². The van der Waals surface area contributed by atoms with E-state index in [1.807, 2.05) is 42.6 Å². The molecular formula is C19H32IN7O2. The van der Waals surface area contributed by atoms with E-state index in [1.165, 1.54) is 0 Å². The lowest BCUT2D eigenvalue weighted by molar-refractivity contribution is -0.0179. The van der Waals surface area contributed by atoms with Crippen LogP contribution in [0.2, 0.25) is 0 Å². The molecule has 0 aliphatic carbocycles. The molecule has 3 heterocycles. The largest absolute Gasteiger partial charge is 0.387 e. The third kappa shape index (κ3) is 7.36. The second kappa shape index (κ2) is 11.6. The van der Waals surface area contributed by atoms with Crippen molar-refractivity contribution in [3.8, 4) is 0 Å². The summed E-state index contributed by atoms with van der Waals surface area (Å²) in [6.45, 7) is 9.35. The normalized spacial score (nSPS) is 17.6. The van der Waals surface area contributed by atoms with E-state index in [1.54, 1.807) is 0 Å². The molecule has 1 aliphatic heterocycles. The number of aromatic nitrogens is 3. The molecule has 9 nitrogen and oxygen atoms in total. The van der Waals surface area contributed by atoms with Gasteiger partial charge in [-0.25, -0.2) is 0 Å². The van der Waals surface area contributed by atoms with Gasteiger partial charge in [-0.1, -0.05) is 6.07 Å². The van der Waals surface area contributed by atoms with Crippen molar-refractivity contribution in [3.63, 3.8) is 0 Å². The number of β-amino-alcohol motifs (C(OH)–C–C–N with tert-alkyl or cyclic N) is 1. The molecule has 2 aromatic heterocycles. The minimum absolute atomic E-state index is 0. The van der Waals surface area contributed by atoms with Crippen LogP contribution in [0.4, 0.5) is 0 Å². The maximum atomic E-state index is 10.7. The van der Waals surface area contributed by atoms with Gasteiger partial charge in [-0.15, -0.1) is 34.2 Å². The summed E-state index contributed by atoms with van der Waals surface area (Å²) >= 11 is 0. The van der Waals surface area contributed by atoms with Crippen LogP contribution < -0.4 is 10.6 Å². The number of morpholine rings is 1. The number of nitrogens with one attached hydrogen (secondary N) is 2. The predicted octanol–water partition coefficient (Wildman–Crippen LogP) is 0.528. The Morgan fingerprint density at radius 2 is 2.07 bits per heavy atom. The van der Waals surface area contributed by atoms with Crippen molar-refractivity contribution in [2.45, 2.75) is 25.9 Å². The van der Waals surface area contributed by atoms with E-state index >= 15 is 0 Å². The number of aliphatic hydroxyl groups is 1. The van der Waals surface area contributed by atoms with Crippen molar-refractivity contribution >= 4 is 35.6 Å². The van der Waals surface area contributed by atoms with Crippen molar-refractivity contribution < 1.29 is 9.84 Å². The molecule has 1 atom stereocenters. The van der Waals surface area contributed by atoms with Crippen LogP contribution in [0, 0.1) is 0 Å². The molecule has 0 radical (unpaired) electrons. The lowest BCUT2D eigenvalue weighted by atomic mass is 10.1. The molecule has 0 spiro atoms. The third-order valence-electron chi connectivity index (χ3n) is 4.62.